The van der Waals surface area contributed by atoms with Gasteiger partial charge in [0.1, 0.15) is 17.0 Å². The molecule has 0 spiro atoms. The van der Waals surface area contributed by atoms with Gasteiger partial charge in [-0.25, -0.2) is 18.4 Å². The zero-order valence-electron chi connectivity index (χ0n) is 17.8. The molecule has 0 aliphatic heterocycles. The molecule has 0 fully saturated rings. The number of carbonyl (C=O) groups is 1. The molecule has 1 amide bonds. The molecular formula is C21H22N6O3S2. The van der Waals surface area contributed by atoms with Gasteiger partial charge in [-0.2, -0.15) is 5.10 Å². The third-order valence-corrected chi connectivity index (χ3v) is 8.13. The maximum atomic E-state index is 12.5. The lowest BCUT2D eigenvalue weighted by Crippen LogP contribution is -2.32. The standard InChI is InChI=1S/C21H22N6O3S2/c1-27(2)21(28)11-4-5-13-16(7-11)31-20-18(13)19(22-10-23-20)25-15-6-12-9-24-26-14(12)8-17(15)32(3,29)30/h6,8-11H,4-5,7H2,1-3H3,(H,24,26)(H,22,23,25)/t11-/m0/s1. The molecule has 0 saturated carbocycles. The van der Waals surface area contributed by atoms with Gasteiger partial charge in [-0.05, 0) is 37.0 Å². The Balaban J connectivity index is 1.59. The highest BCUT2D eigenvalue weighted by atomic mass is 32.2. The summed E-state index contributed by atoms with van der Waals surface area (Å²) in [6.07, 6.45) is 6.51. The van der Waals surface area contributed by atoms with Crippen LogP contribution in [-0.4, -0.2) is 59.7 Å². The van der Waals surface area contributed by atoms with Gasteiger partial charge in [0.2, 0.25) is 5.91 Å². The molecule has 1 atom stereocenters. The monoisotopic (exact) mass is 470 g/mol. The topological polar surface area (TPSA) is 121 Å². The van der Waals surface area contributed by atoms with E-state index in [1.165, 1.54) is 12.6 Å². The normalized spacial score (nSPS) is 16.3. The molecule has 4 aromatic rings. The fourth-order valence-electron chi connectivity index (χ4n) is 4.28. The van der Waals surface area contributed by atoms with E-state index in [0.717, 1.165) is 38.9 Å². The third-order valence-electron chi connectivity index (χ3n) is 5.83. The number of carbonyl (C=O) groups excluding carboxylic acids is 1. The molecule has 166 valence electrons. The summed E-state index contributed by atoms with van der Waals surface area (Å²) in [5, 5.41) is 11.8. The number of H-pyrrole nitrogens is 1. The number of hydrogen-bond donors (Lipinski definition) is 2. The second kappa shape index (κ2) is 7.52. The van der Waals surface area contributed by atoms with Crippen molar-refractivity contribution < 1.29 is 13.2 Å². The molecule has 0 unspecified atom stereocenters. The van der Waals surface area contributed by atoms with Crippen molar-refractivity contribution in [2.45, 2.75) is 24.2 Å². The molecule has 1 aliphatic carbocycles. The molecule has 3 aromatic heterocycles. The van der Waals surface area contributed by atoms with Crippen LogP contribution in [0.15, 0.2) is 29.6 Å². The van der Waals surface area contributed by atoms with E-state index < -0.39 is 9.84 Å². The van der Waals surface area contributed by atoms with Gasteiger partial charge in [0.15, 0.2) is 9.84 Å². The predicted octanol–water partition coefficient (Wildman–Crippen LogP) is 2.91. The number of nitrogens with zero attached hydrogens (tertiary/aromatic N) is 4. The minimum atomic E-state index is -3.50. The Hall–Kier alpha value is -3.05. The highest BCUT2D eigenvalue weighted by Crippen LogP contribution is 2.41. The van der Waals surface area contributed by atoms with Crippen LogP contribution in [-0.2, 0) is 27.5 Å². The van der Waals surface area contributed by atoms with Gasteiger partial charge in [-0.1, -0.05) is 0 Å². The molecule has 0 saturated heterocycles. The Morgan fingerprint density at radius 1 is 1.28 bits per heavy atom. The van der Waals surface area contributed by atoms with Crippen molar-refractivity contribution in [3.8, 4) is 0 Å². The summed E-state index contributed by atoms with van der Waals surface area (Å²) >= 11 is 1.58. The van der Waals surface area contributed by atoms with E-state index in [4.69, 9.17) is 0 Å². The van der Waals surface area contributed by atoms with Gasteiger partial charge in [0.25, 0.3) is 0 Å². The van der Waals surface area contributed by atoms with Crippen LogP contribution in [0.5, 0.6) is 0 Å². The summed E-state index contributed by atoms with van der Waals surface area (Å²) in [6.45, 7) is 0. The highest BCUT2D eigenvalue weighted by molar-refractivity contribution is 7.90. The van der Waals surface area contributed by atoms with Crippen molar-refractivity contribution in [1.29, 1.82) is 0 Å². The van der Waals surface area contributed by atoms with E-state index in [2.05, 4.69) is 25.5 Å². The lowest BCUT2D eigenvalue weighted by atomic mass is 9.87. The van der Waals surface area contributed by atoms with Crippen molar-refractivity contribution in [2.75, 3.05) is 25.7 Å². The van der Waals surface area contributed by atoms with Crippen molar-refractivity contribution in [1.82, 2.24) is 25.1 Å². The zero-order chi connectivity index (χ0) is 22.6. The van der Waals surface area contributed by atoms with Gasteiger partial charge in [0, 0.05) is 36.5 Å². The summed E-state index contributed by atoms with van der Waals surface area (Å²) in [6, 6.07) is 3.34. The maximum absolute atomic E-state index is 12.5. The first-order chi connectivity index (χ1) is 15.2. The van der Waals surface area contributed by atoms with Gasteiger partial charge in [-0.15, -0.1) is 11.3 Å². The van der Waals surface area contributed by atoms with Crippen molar-refractivity contribution in [3.05, 3.63) is 35.1 Å². The molecule has 1 aliphatic rings. The maximum Gasteiger partial charge on any atom is 0.225 e. The van der Waals surface area contributed by atoms with Crippen LogP contribution in [0.2, 0.25) is 0 Å². The first-order valence-corrected chi connectivity index (χ1v) is 12.8. The Morgan fingerprint density at radius 2 is 2.09 bits per heavy atom. The van der Waals surface area contributed by atoms with E-state index in [1.807, 2.05) is 0 Å². The van der Waals surface area contributed by atoms with Crippen LogP contribution >= 0.6 is 11.3 Å². The molecule has 0 radical (unpaired) electrons. The quantitative estimate of drug-likeness (QED) is 0.470. The van der Waals surface area contributed by atoms with E-state index in [0.29, 0.717) is 23.4 Å². The molecule has 11 heteroatoms. The second-order valence-electron chi connectivity index (χ2n) is 8.28. The summed E-state index contributed by atoms with van der Waals surface area (Å²) in [5.74, 6) is 0.677. The number of aromatic amines is 1. The molecule has 9 nitrogen and oxygen atoms in total. The molecule has 2 N–H and O–H groups in total. The number of sulfone groups is 1. The van der Waals surface area contributed by atoms with Crippen LogP contribution in [0.1, 0.15) is 16.9 Å². The van der Waals surface area contributed by atoms with Crippen LogP contribution in [0, 0.1) is 5.92 Å². The molecule has 0 bridgehead atoms. The summed E-state index contributed by atoms with van der Waals surface area (Å²) in [7, 11) is 0.0701. The molecular weight excluding hydrogens is 448 g/mol. The van der Waals surface area contributed by atoms with Gasteiger partial charge >= 0.3 is 0 Å². The third kappa shape index (κ3) is 3.51. The minimum absolute atomic E-state index is 0.0322. The summed E-state index contributed by atoms with van der Waals surface area (Å²) in [4.78, 5) is 25.2. The zero-order valence-corrected chi connectivity index (χ0v) is 19.5. The molecule has 5 rings (SSSR count). The van der Waals surface area contributed by atoms with Crippen LogP contribution in [0.4, 0.5) is 11.5 Å². The largest absolute Gasteiger partial charge is 0.349 e. The number of aryl methyl sites for hydroxylation is 1. The van der Waals surface area contributed by atoms with Crippen LogP contribution in [0.25, 0.3) is 21.1 Å². The van der Waals surface area contributed by atoms with Crippen molar-refractivity contribution in [3.63, 3.8) is 0 Å². The fraction of sp³-hybridized carbons (Fsp3) is 0.333. The number of anilines is 2. The number of benzene rings is 1. The van der Waals surface area contributed by atoms with Gasteiger partial charge < -0.3 is 10.2 Å². The number of rotatable bonds is 4. The number of fused-ring (bicyclic) bond motifs is 4. The Kier molecular flexibility index (Phi) is 4.90. The number of hydrogen-bond acceptors (Lipinski definition) is 8. The smallest absolute Gasteiger partial charge is 0.225 e. The Bertz CT molecular complexity index is 1470. The van der Waals surface area contributed by atoms with Crippen LogP contribution < -0.4 is 5.32 Å². The van der Waals surface area contributed by atoms with Crippen LogP contribution in [0.3, 0.4) is 0 Å². The summed E-state index contributed by atoms with van der Waals surface area (Å²) in [5.41, 5.74) is 2.23. The summed E-state index contributed by atoms with van der Waals surface area (Å²) < 4.78 is 24.9. The first-order valence-electron chi connectivity index (χ1n) is 10.1. The van der Waals surface area contributed by atoms with Gasteiger partial charge in [0.05, 0.1) is 27.7 Å². The lowest BCUT2D eigenvalue weighted by molar-refractivity contribution is -0.133. The average Bonchev–Trinajstić information content (AvgIpc) is 3.35. The van der Waals surface area contributed by atoms with Crippen molar-refractivity contribution in [2.24, 2.45) is 5.92 Å². The molecule has 32 heavy (non-hydrogen) atoms. The number of thiophene rings is 1. The van der Waals surface area contributed by atoms with E-state index >= 15 is 0 Å². The lowest BCUT2D eigenvalue weighted by Gasteiger charge is -2.24. The number of aromatic nitrogens is 4. The molecule has 1 aromatic carbocycles. The predicted molar refractivity (Wildman–Crippen MR) is 124 cm³/mol. The number of nitrogens with one attached hydrogen (secondary N) is 2. The second-order valence-corrected chi connectivity index (χ2v) is 11.3. The SMILES string of the molecule is CN(C)C(=O)[C@H]1CCc2c(sc3ncnc(Nc4cc5cn[nH]c5cc4S(C)(=O)=O)c23)C1. The average molecular weight is 471 g/mol. The van der Waals surface area contributed by atoms with E-state index in [1.54, 1.807) is 48.7 Å². The highest BCUT2D eigenvalue weighted by Gasteiger charge is 2.30. The molecule has 3 heterocycles. The minimum Gasteiger partial charge on any atom is -0.349 e. The Labute approximate surface area is 188 Å². The van der Waals surface area contributed by atoms with E-state index in [9.17, 15) is 13.2 Å². The fourth-order valence-corrected chi connectivity index (χ4v) is 6.39. The van der Waals surface area contributed by atoms with Gasteiger partial charge in [-0.3, -0.25) is 9.89 Å². The van der Waals surface area contributed by atoms with E-state index in [-0.39, 0.29) is 16.7 Å². The number of amides is 1. The van der Waals surface area contributed by atoms with Crippen molar-refractivity contribution >= 4 is 59.7 Å². The Morgan fingerprint density at radius 3 is 2.84 bits per heavy atom. The first kappa shape index (κ1) is 20.8.